The summed E-state index contributed by atoms with van der Waals surface area (Å²) in [5, 5.41) is 3.16. The Bertz CT molecular complexity index is 258. The maximum absolute atomic E-state index is 5.87. The minimum atomic E-state index is 0.287. The zero-order valence-electron chi connectivity index (χ0n) is 9.86. The molecule has 0 saturated carbocycles. The molecule has 0 aliphatic carbocycles. The summed E-state index contributed by atoms with van der Waals surface area (Å²) >= 11 is 0. The van der Waals surface area contributed by atoms with E-state index in [4.69, 9.17) is 4.74 Å². The molecule has 84 valence electrons. The second kappa shape index (κ2) is 6.59. The van der Waals surface area contributed by atoms with E-state index in [0.29, 0.717) is 12.5 Å². The van der Waals surface area contributed by atoms with Crippen LogP contribution in [0.15, 0.2) is 30.3 Å². The molecule has 1 unspecified atom stereocenters. The molecule has 15 heavy (non-hydrogen) atoms. The normalized spacial score (nSPS) is 13.1. The van der Waals surface area contributed by atoms with Crippen LogP contribution in [0.5, 0.6) is 0 Å². The molecule has 0 aliphatic rings. The van der Waals surface area contributed by atoms with E-state index >= 15 is 0 Å². The average molecular weight is 207 g/mol. The lowest BCUT2D eigenvalue weighted by atomic mass is 10.1. The third kappa shape index (κ3) is 4.45. The van der Waals surface area contributed by atoms with Crippen molar-refractivity contribution in [2.24, 2.45) is 5.92 Å². The highest BCUT2D eigenvalue weighted by Crippen LogP contribution is 2.09. The summed E-state index contributed by atoms with van der Waals surface area (Å²) in [6, 6.07) is 10.3. The quantitative estimate of drug-likeness (QED) is 0.773. The van der Waals surface area contributed by atoms with Gasteiger partial charge in [-0.05, 0) is 18.5 Å². The van der Waals surface area contributed by atoms with Gasteiger partial charge in [0.15, 0.2) is 0 Å². The van der Waals surface area contributed by atoms with E-state index in [9.17, 15) is 0 Å². The molecule has 0 radical (unpaired) electrons. The standard InChI is InChI=1S/C13H21NO/c1-11(2)13(9-14-3)15-10-12-7-5-4-6-8-12/h4-8,11,13-14H,9-10H2,1-3H3. The Balaban J connectivity index is 2.40. The van der Waals surface area contributed by atoms with Crippen LogP contribution < -0.4 is 5.32 Å². The topological polar surface area (TPSA) is 21.3 Å². The van der Waals surface area contributed by atoms with Crippen LogP contribution in [0.1, 0.15) is 19.4 Å². The van der Waals surface area contributed by atoms with Gasteiger partial charge in [0.1, 0.15) is 0 Å². The third-order valence-electron chi connectivity index (χ3n) is 2.46. The molecule has 0 aromatic heterocycles. The van der Waals surface area contributed by atoms with Gasteiger partial charge in [0.05, 0.1) is 12.7 Å². The van der Waals surface area contributed by atoms with Crippen molar-refractivity contribution in [1.82, 2.24) is 5.32 Å². The zero-order valence-corrected chi connectivity index (χ0v) is 9.86. The maximum atomic E-state index is 5.87. The Labute approximate surface area is 92.6 Å². The van der Waals surface area contributed by atoms with Gasteiger partial charge in [-0.25, -0.2) is 0 Å². The fourth-order valence-electron chi connectivity index (χ4n) is 1.47. The SMILES string of the molecule is CNCC(OCc1ccccc1)C(C)C. The van der Waals surface area contributed by atoms with Gasteiger partial charge < -0.3 is 10.1 Å². The summed E-state index contributed by atoms with van der Waals surface area (Å²) in [4.78, 5) is 0. The molecule has 1 atom stereocenters. The lowest BCUT2D eigenvalue weighted by Gasteiger charge is -2.21. The Morgan fingerprint density at radius 1 is 1.20 bits per heavy atom. The number of ether oxygens (including phenoxy) is 1. The summed E-state index contributed by atoms with van der Waals surface area (Å²) in [5.41, 5.74) is 1.24. The van der Waals surface area contributed by atoms with Crippen molar-refractivity contribution < 1.29 is 4.74 Å². The smallest absolute Gasteiger partial charge is 0.0726 e. The van der Waals surface area contributed by atoms with Gasteiger partial charge >= 0.3 is 0 Å². The van der Waals surface area contributed by atoms with Crippen molar-refractivity contribution in [3.8, 4) is 0 Å². The van der Waals surface area contributed by atoms with Crippen LogP contribution >= 0.6 is 0 Å². The Morgan fingerprint density at radius 3 is 2.40 bits per heavy atom. The van der Waals surface area contributed by atoms with Crippen LogP contribution in [-0.2, 0) is 11.3 Å². The molecule has 0 amide bonds. The Hall–Kier alpha value is -0.860. The molecule has 0 spiro atoms. The lowest BCUT2D eigenvalue weighted by Crippen LogP contribution is -2.31. The van der Waals surface area contributed by atoms with Crippen molar-refractivity contribution >= 4 is 0 Å². The summed E-state index contributed by atoms with van der Waals surface area (Å²) in [6.07, 6.45) is 0.287. The first-order chi connectivity index (χ1) is 7.24. The van der Waals surface area contributed by atoms with Crippen molar-refractivity contribution in [1.29, 1.82) is 0 Å². The molecule has 0 fully saturated rings. The van der Waals surface area contributed by atoms with Crippen LogP contribution in [0.4, 0.5) is 0 Å². The minimum Gasteiger partial charge on any atom is -0.372 e. The minimum absolute atomic E-state index is 0.287. The van der Waals surface area contributed by atoms with E-state index < -0.39 is 0 Å². The molecule has 2 heteroatoms. The van der Waals surface area contributed by atoms with E-state index in [0.717, 1.165) is 6.54 Å². The predicted molar refractivity (Wildman–Crippen MR) is 63.8 cm³/mol. The summed E-state index contributed by atoms with van der Waals surface area (Å²) in [6.45, 7) is 5.98. The summed E-state index contributed by atoms with van der Waals surface area (Å²) < 4.78 is 5.87. The highest BCUT2D eigenvalue weighted by atomic mass is 16.5. The average Bonchev–Trinajstić information content (AvgIpc) is 2.25. The number of hydrogen-bond acceptors (Lipinski definition) is 2. The zero-order chi connectivity index (χ0) is 11.1. The number of hydrogen-bond donors (Lipinski definition) is 1. The van der Waals surface area contributed by atoms with E-state index in [-0.39, 0.29) is 6.10 Å². The van der Waals surface area contributed by atoms with Gasteiger partial charge in [-0.2, -0.15) is 0 Å². The van der Waals surface area contributed by atoms with Gasteiger partial charge in [0.2, 0.25) is 0 Å². The highest BCUT2D eigenvalue weighted by Gasteiger charge is 2.12. The third-order valence-corrected chi connectivity index (χ3v) is 2.46. The summed E-state index contributed by atoms with van der Waals surface area (Å²) in [7, 11) is 1.96. The van der Waals surface area contributed by atoms with Crippen molar-refractivity contribution in [2.45, 2.75) is 26.6 Å². The first kappa shape index (κ1) is 12.2. The van der Waals surface area contributed by atoms with Crippen molar-refractivity contribution in [3.63, 3.8) is 0 Å². The molecule has 0 heterocycles. The van der Waals surface area contributed by atoms with E-state index in [2.05, 4.69) is 31.3 Å². The molecular weight excluding hydrogens is 186 g/mol. The monoisotopic (exact) mass is 207 g/mol. The van der Waals surface area contributed by atoms with Crippen LogP contribution in [0.2, 0.25) is 0 Å². The molecule has 1 aromatic carbocycles. The van der Waals surface area contributed by atoms with E-state index in [1.54, 1.807) is 0 Å². The van der Waals surface area contributed by atoms with E-state index in [1.165, 1.54) is 5.56 Å². The fourth-order valence-corrected chi connectivity index (χ4v) is 1.47. The second-order valence-electron chi connectivity index (χ2n) is 4.14. The number of benzene rings is 1. The van der Waals surface area contributed by atoms with Gasteiger partial charge in [-0.1, -0.05) is 44.2 Å². The fraction of sp³-hybridized carbons (Fsp3) is 0.538. The first-order valence-electron chi connectivity index (χ1n) is 5.54. The highest BCUT2D eigenvalue weighted by molar-refractivity contribution is 5.13. The van der Waals surface area contributed by atoms with Gasteiger partial charge in [-0.3, -0.25) is 0 Å². The van der Waals surface area contributed by atoms with E-state index in [1.807, 2.05) is 25.2 Å². The second-order valence-corrected chi connectivity index (χ2v) is 4.14. The van der Waals surface area contributed by atoms with Crippen LogP contribution in [0.3, 0.4) is 0 Å². The molecule has 1 rings (SSSR count). The number of rotatable bonds is 6. The molecule has 1 N–H and O–H groups in total. The van der Waals surface area contributed by atoms with Gasteiger partial charge in [0.25, 0.3) is 0 Å². The molecule has 0 bridgehead atoms. The van der Waals surface area contributed by atoms with Crippen molar-refractivity contribution in [3.05, 3.63) is 35.9 Å². The lowest BCUT2D eigenvalue weighted by molar-refractivity contribution is 0.0125. The summed E-state index contributed by atoms with van der Waals surface area (Å²) in [5.74, 6) is 0.543. The molecular formula is C13H21NO. The number of likely N-dealkylation sites (N-methyl/N-ethyl adjacent to an activating group) is 1. The van der Waals surface area contributed by atoms with Crippen LogP contribution in [0, 0.1) is 5.92 Å². The first-order valence-corrected chi connectivity index (χ1v) is 5.54. The van der Waals surface area contributed by atoms with Gasteiger partial charge in [0, 0.05) is 6.54 Å². The van der Waals surface area contributed by atoms with Crippen LogP contribution in [-0.4, -0.2) is 19.7 Å². The molecule has 0 aliphatic heterocycles. The largest absolute Gasteiger partial charge is 0.372 e. The predicted octanol–water partition coefficient (Wildman–Crippen LogP) is 2.45. The van der Waals surface area contributed by atoms with Crippen molar-refractivity contribution in [2.75, 3.05) is 13.6 Å². The molecule has 1 aromatic rings. The Kier molecular flexibility index (Phi) is 5.37. The maximum Gasteiger partial charge on any atom is 0.0726 e. The molecule has 0 saturated heterocycles. The Morgan fingerprint density at radius 2 is 1.87 bits per heavy atom. The van der Waals surface area contributed by atoms with Gasteiger partial charge in [-0.15, -0.1) is 0 Å². The van der Waals surface area contributed by atoms with Crippen LogP contribution in [0.25, 0.3) is 0 Å². The molecule has 2 nitrogen and oxygen atoms in total. The number of nitrogens with one attached hydrogen (secondary N) is 1.